The Morgan fingerprint density at radius 2 is 0.900 bits per heavy atom. The van der Waals surface area contributed by atoms with E-state index in [1.165, 1.54) is 11.1 Å². The van der Waals surface area contributed by atoms with Crippen molar-refractivity contribution >= 4 is 47.1 Å². The average molecular weight is 1360 g/mol. The van der Waals surface area contributed by atoms with E-state index in [0.717, 1.165) is 73.6 Å². The summed E-state index contributed by atoms with van der Waals surface area (Å²) < 4.78 is 0. The van der Waals surface area contributed by atoms with Gasteiger partial charge in [-0.25, -0.2) is 0 Å². The van der Waals surface area contributed by atoms with Crippen LogP contribution in [0, 0.1) is 17.8 Å². The van der Waals surface area contributed by atoms with Crippen molar-refractivity contribution in [2.24, 2.45) is 17.8 Å². The molecule has 0 saturated carbocycles. The predicted molar refractivity (Wildman–Crippen MR) is 390 cm³/mol. The first-order valence-corrected chi connectivity index (χ1v) is 37.1. The number of likely N-dealkylation sites (N-methyl/N-ethyl adjacent to an activating group) is 2. The Balaban J connectivity index is 0.682. The van der Waals surface area contributed by atoms with Crippen molar-refractivity contribution in [3.63, 3.8) is 0 Å². The van der Waals surface area contributed by atoms with Gasteiger partial charge in [0.05, 0.1) is 24.0 Å². The van der Waals surface area contributed by atoms with Gasteiger partial charge in [0, 0.05) is 69.1 Å². The van der Waals surface area contributed by atoms with E-state index >= 15 is 9.59 Å². The first-order chi connectivity index (χ1) is 48.8. The highest BCUT2D eigenvalue weighted by Gasteiger charge is 2.51. The van der Waals surface area contributed by atoms with E-state index < -0.39 is 60.0 Å². The number of hydrogen-bond donors (Lipinski definition) is 9. The maximum absolute atomic E-state index is 15.2. The van der Waals surface area contributed by atoms with Crippen LogP contribution in [0.5, 0.6) is 0 Å². The van der Waals surface area contributed by atoms with Crippen molar-refractivity contribution in [1.82, 2.24) is 57.7 Å². The highest BCUT2D eigenvalue weighted by Crippen LogP contribution is 2.42. The summed E-state index contributed by atoms with van der Waals surface area (Å²) >= 11 is 0. The van der Waals surface area contributed by atoms with Crippen molar-refractivity contribution in [2.45, 2.75) is 203 Å². The average Bonchev–Trinajstić information content (AvgIpc) is 1.62. The molecular weight excluding hydrogens is 1250 g/mol. The Morgan fingerprint density at radius 3 is 1.36 bits per heavy atom. The number of ketones is 1. The summed E-state index contributed by atoms with van der Waals surface area (Å²) in [6, 6.07) is 42.4. The maximum Gasteiger partial charge on any atom is 0.247 e. The molecule has 0 spiro atoms. The van der Waals surface area contributed by atoms with Gasteiger partial charge in [-0.1, -0.05) is 171 Å². The lowest BCUT2D eigenvalue weighted by molar-refractivity contribution is -0.144. The first-order valence-electron chi connectivity index (χ1n) is 37.1. The third-order valence-corrected chi connectivity index (χ3v) is 21.6. The SMILES string of the molecule is CCC(NC)C(=O)NC1C(=O)N2C(CCC1CNCc1ccccc1)CCC2C(=O)NC(C(=O)NCCCCc1ccc(CCCCNC(=O)C(CC(C(=O)C2CCC3CCC(CNCc4ccccc4)C(NC(=O)C(CC)NC)C(=O)N32)C2=CC2)c2ccccc2)cc1)c1ccccc1. The Hall–Kier alpha value is -8.36. The molecule has 100 heavy (non-hydrogen) atoms. The molecule has 10 rings (SSSR count). The Bertz CT molecular complexity index is 3520. The van der Waals surface area contributed by atoms with Crippen molar-refractivity contribution in [3.8, 4) is 0 Å². The Morgan fingerprint density at radius 1 is 0.470 bits per heavy atom. The highest BCUT2D eigenvalue weighted by molar-refractivity contribution is 5.98. The third kappa shape index (κ3) is 19.8. The molecule has 0 bridgehead atoms. The molecular formula is C81H107N11O8. The van der Waals surface area contributed by atoms with Gasteiger partial charge in [0.25, 0.3) is 0 Å². The number of amides is 7. The summed E-state index contributed by atoms with van der Waals surface area (Å²) in [6.07, 6.45) is 14.2. The topological polar surface area (TPSA) is 251 Å². The Kier molecular flexibility index (Phi) is 27.8. The normalized spacial score (nSPS) is 22.5. The maximum atomic E-state index is 15.2. The molecule has 1 aliphatic carbocycles. The summed E-state index contributed by atoms with van der Waals surface area (Å²) in [5.74, 6) is -3.28. The number of rotatable bonds is 37. The smallest absolute Gasteiger partial charge is 0.247 e. The monoisotopic (exact) mass is 1360 g/mol. The van der Waals surface area contributed by atoms with Crippen LogP contribution in [0.25, 0.3) is 0 Å². The predicted octanol–water partition coefficient (Wildman–Crippen LogP) is 8.20. The van der Waals surface area contributed by atoms with Crippen molar-refractivity contribution < 1.29 is 38.4 Å². The number of Topliss-reactive ketones (excluding diaryl/α,β-unsaturated/α-hetero) is 1. The molecule has 0 aromatic heterocycles. The fourth-order valence-electron chi connectivity index (χ4n) is 15.7. The van der Waals surface area contributed by atoms with Crippen LogP contribution in [0.3, 0.4) is 0 Å². The largest absolute Gasteiger partial charge is 0.356 e. The van der Waals surface area contributed by atoms with Gasteiger partial charge >= 0.3 is 0 Å². The van der Waals surface area contributed by atoms with Gasteiger partial charge in [-0.05, 0) is 163 Å². The van der Waals surface area contributed by atoms with Crippen LogP contribution in [0.4, 0.5) is 0 Å². The minimum Gasteiger partial charge on any atom is -0.356 e. The van der Waals surface area contributed by atoms with Crippen LogP contribution in [-0.4, -0.2) is 146 Å². The van der Waals surface area contributed by atoms with E-state index in [-0.39, 0.29) is 65.1 Å². The molecule has 13 unspecified atom stereocenters. The van der Waals surface area contributed by atoms with Gasteiger partial charge in [0.1, 0.15) is 24.2 Å². The van der Waals surface area contributed by atoms with Crippen LogP contribution >= 0.6 is 0 Å². The molecule has 0 radical (unpaired) electrons. The molecule has 5 aliphatic rings. The number of fused-ring (bicyclic) bond motifs is 2. The van der Waals surface area contributed by atoms with Gasteiger partial charge in [-0.3, -0.25) is 38.4 Å². The highest BCUT2D eigenvalue weighted by atomic mass is 16.2. The summed E-state index contributed by atoms with van der Waals surface area (Å²) in [6.45, 7) is 7.05. The lowest BCUT2D eigenvalue weighted by Gasteiger charge is -2.34. The van der Waals surface area contributed by atoms with Crippen LogP contribution < -0.4 is 47.9 Å². The number of aryl methyl sites for hydroxylation is 2. The van der Waals surface area contributed by atoms with Crippen molar-refractivity contribution in [2.75, 3.05) is 40.3 Å². The number of carbonyl (C=O) groups is 8. The number of nitrogens with one attached hydrogen (secondary N) is 9. The molecule has 19 heteroatoms. The number of hydrogen-bond acceptors (Lipinski definition) is 12. The molecule has 4 saturated heterocycles. The minimum atomic E-state index is -0.981. The van der Waals surface area contributed by atoms with Gasteiger partial charge in [-0.15, -0.1) is 0 Å². The lowest BCUT2D eigenvalue weighted by atomic mass is 9.82. The van der Waals surface area contributed by atoms with Crippen molar-refractivity contribution in [1.29, 1.82) is 0 Å². The fourth-order valence-corrected chi connectivity index (χ4v) is 15.7. The van der Waals surface area contributed by atoms with Gasteiger partial charge in [-0.2, -0.15) is 0 Å². The van der Waals surface area contributed by atoms with Gasteiger partial charge < -0.3 is 57.7 Å². The quantitative estimate of drug-likeness (QED) is 0.0135. The van der Waals surface area contributed by atoms with E-state index in [4.69, 9.17) is 0 Å². The molecule has 5 aromatic rings. The van der Waals surface area contributed by atoms with Crippen molar-refractivity contribution in [3.05, 3.63) is 191 Å². The first kappa shape index (κ1) is 74.3. The molecule has 5 aromatic carbocycles. The van der Waals surface area contributed by atoms with E-state index in [1.54, 1.807) is 19.0 Å². The zero-order chi connectivity index (χ0) is 70.3. The number of benzene rings is 5. The van der Waals surface area contributed by atoms with Crippen LogP contribution in [0.15, 0.2) is 157 Å². The van der Waals surface area contributed by atoms with E-state index in [1.807, 2.05) is 128 Å². The van der Waals surface area contributed by atoms with E-state index in [9.17, 15) is 28.8 Å². The molecule has 4 heterocycles. The molecule has 9 N–H and O–H groups in total. The van der Waals surface area contributed by atoms with Crippen LogP contribution in [0.1, 0.15) is 162 Å². The molecule has 534 valence electrons. The molecule has 7 amide bonds. The standard InChI is InChI=1S/C81H107N11O8/c1-5-67(82-3)76(95)89-72-61(52-84-50-56-25-11-7-12-26-56)39-41-63-43-45-69(91(63)80(72)99)74(93)65(59-37-38-59)49-66(58-29-15-9-16-30-58)75(94)86-47-21-19-23-54-33-35-55(36-34-54)24-20-22-48-87-79(98)71(60-31-17-10-18-32-60)88-78(97)70-46-44-64-42-40-62(53-85-51-57-27-13-8-14-28-57)73(81(100)92(64)70)90-77(96)68(6-2)83-4/h7-18,25-37,61-73,82-85H,5-6,19-24,38-53H2,1-4H3,(H,86,94)(H,87,98)(H,88,97)(H,89,95)(H,90,96). The van der Waals surface area contributed by atoms with Crippen LogP contribution in [0.2, 0.25) is 0 Å². The molecule has 4 aliphatic heterocycles. The Labute approximate surface area is 591 Å². The summed E-state index contributed by atoms with van der Waals surface area (Å²) in [5.41, 5.74) is 7.14. The number of nitrogens with zero attached hydrogens (tertiary/aromatic N) is 2. The number of unbranched alkanes of at least 4 members (excludes halogenated alkanes) is 2. The zero-order valence-corrected chi connectivity index (χ0v) is 59.1. The summed E-state index contributed by atoms with van der Waals surface area (Å²) in [7, 11) is 3.48. The van der Waals surface area contributed by atoms with E-state index in [0.29, 0.717) is 109 Å². The number of carbonyl (C=O) groups excluding carboxylic acids is 8. The minimum absolute atomic E-state index is 0.0211. The molecule has 19 nitrogen and oxygen atoms in total. The lowest BCUT2D eigenvalue weighted by Crippen LogP contribution is -2.59. The third-order valence-electron chi connectivity index (χ3n) is 21.6. The summed E-state index contributed by atoms with van der Waals surface area (Å²) in [4.78, 5) is 119. The molecule has 13 atom stereocenters. The fraction of sp³-hybridized carbons (Fsp3) is 0.506. The second kappa shape index (κ2) is 37.4. The van der Waals surface area contributed by atoms with E-state index in [2.05, 4.69) is 90.3 Å². The second-order valence-corrected chi connectivity index (χ2v) is 28.2. The second-order valence-electron chi connectivity index (χ2n) is 28.2. The van der Waals surface area contributed by atoms with Crippen LogP contribution in [-0.2, 0) is 64.3 Å². The summed E-state index contributed by atoms with van der Waals surface area (Å²) in [5, 5.41) is 28.9. The van der Waals surface area contributed by atoms with Gasteiger partial charge in [0.2, 0.25) is 41.4 Å². The number of allylic oxidation sites excluding steroid dienone is 2. The molecule has 4 fully saturated rings. The van der Waals surface area contributed by atoms with Gasteiger partial charge in [0.15, 0.2) is 5.78 Å². The zero-order valence-electron chi connectivity index (χ0n) is 59.1.